The molecule has 0 saturated carbocycles. The minimum absolute atomic E-state index is 0.165. The number of hydrogen-bond donors (Lipinski definition) is 2. The van der Waals surface area contributed by atoms with Crippen molar-refractivity contribution in [3.63, 3.8) is 0 Å². The van der Waals surface area contributed by atoms with Crippen LogP contribution in [0, 0.1) is 0 Å². The normalized spacial score (nSPS) is 20.6. The summed E-state index contributed by atoms with van der Waals surface area (Å²) < 4.78 is 0. The van der Waals surface area contributed by atoms with Crippen LogP contribution in [-0.4, -0.2) is 58.6 Å². The van der Waals surface area contributed by atoms with Gasteiger partial charge in [0.05, 0.1) is 5.60 Å². The van der Waals surface area contributed by atoms with E-state index in [0.29, 0.717) is 51.4 Å². The summed E-state index contributed by atoms with van der Waals surface area (Å²) in [6.45, 7) is 4.27. The highest BCUT2D eigenvalue weighted by molar-refractivity contribution is 5.91. The Bertz CT molecular complexity index is 678. The molecule has 1 aromatic carbocycles. The zero-order chi connectivity index (χ0) is 18.6. The van der Waals surface area contributed by atoms with Crippen LogP contribution in [0.2, 0.25) is 0 Å². The van der Waals surface area contributed by atoms with E-state index in [9.17, 15) is 9.90 Å². The molecule has 6 heteroatoms. The Morgan fingerprint density at radius 2 is 2.00 bits per heavy atom. The number of rotatable bonds is 5. The summed E-state index contributed by atoms with van der Waals surface area (Å²) >= 11 is 0. The zero-order valence-electron chi connectivity index (χ0n) is 15.3. The highest BCUT2D eigenvalue weighted by atomic mass is 16.3. The van der Waals surface area contributed by atoms with Crippen LogP contribution in [0.25, 0.3) is 0 Å². The molecular weight excluding hydrogens is 328 g/mol. The second-order valence-corrected chi connectivity index (χ2v) is 7.41. The Morgan fingerprint density at radius 3 is 2.62 bits per heavy atom. The van der Waals surface area contributed by atoms with Gasteiger partial charge in [-0.2, -0.15) is 0 Å². The number of carbonyl (C=O) groups is 1. The van der Waals surface area contributed by atoms with E-state index in [-0.39, 0.29) is 11.8 Å². The highest BCUT2D eigenvalue weighted by Crippen LogP contribution is 2.26. The van der Waals surface area contributed by atoms with Crippen molar-refractivity contribution in [1.29, 1.82) is 0 Å². The third-order valence-electron chi connectivity index (χ3n) is 5.28. The lowest BCUT2D eigenvalue weighted by Crippen LogP contribution is -2.51. The Balaban J connectivity index is 1.48. The van der Waals surface area contributed by atoms with Gasteiger partial charge in [0.25, 0.3) is 0 Å². The molecule has 2 aliphatic heterocycles. The van der Waals surface area contributed by atoms with Crippen LogP contribution in [0.5, 0.6) is 0 Å². The van der Waals surface area contributed by atoms with E-state index in [4.69, 9.17) is 5.73 Å². The number of amides is 1. The number of benzene rings is 1. The second kappa shape index (κ2) is 7.91. The van der Waals surface area contributed by atoms with Crippen LogP contribution < -0.4 is 5.73 Å². The lowest BCUT2D eigenvalue weighted by atomic mass is 9.90. The molecule has 26 heavy (non-hydrogen) atoms. The molecule has 0 aliphatic carbocycles. The first-order valence-corrected chi connectivity index (χ1v) is 9.22. The lowest BCUT2D eigenvalue weighted by molar-refractivity contribution is -0.136. The number of likely N-dealkylation sites (tertiary alicyclic amines) is 1. The van der Waals surface area contributed by atoms with E-state index in [1.165, 1.54) is 5.56 Å². The summed E-state index contributed by atoms with van der Waals surface area (Å²) in [5.41, 5.74) is 6.03. The van der Waals surface area contributed by atoms with Crippen LogP contribution in [0.15, 0.2) is 47.6 Å². The van der Waals surface area contributed by atoms with E-state index < -0.39 is 5.60 Å². The summed E-state index contributed by atoms with van der Waals surface area (Å²) in [6.07, 6.45) is 5.30. The first kappa shape index (κ1) is 18.5. The molecule has 1 atom stereocenters. The number of nitrogens with two attached hydrogens (primary N) is 1. The fourth-order valence-electron chi connectivity index (χ4n) is 3.56. The van der Waals surface area contributed by atoms with Gasteiger partial charge in [-0.25, -0.2) is 4.99 Å². The molecule has 0 aromatic heterocycles. The fraction of sp³-hybridized carbons (Fsp3) is 0.500. The Morgan fingerprint density at radius 1 is 1.31 bits per heavy atom. The molecule has 6 nitrogen and oxygen atoms in total. The van der Waals surface area contributed by atoms with Crippen molar-refractivity contribution in [1.82, 2.24) is 9.80 Å². The Kier molecular flexibility index (Phi) is 5.61. The lowest BCUT2D eigenvalue weighted by Gasteiger charge is -2.41. The van der Waals surface area contributed by atoms with Gasteiger partial charge in [0.1, 0.15) is 12.5 Å². The standard InChI is InChI=1S/C20H28N4O2/c1-16(17-5-3-2-4-6-17)13-19(25)24-11-8-20(26,9-12-24)14-23-10-7-18(21)22-15-23/h2-7,10,16,26H,8-9,11-15H2,1H3,(H2,21,22). The molecule has 1 amide bonds. The van der Waals surface area contributed by atoms with Crippen molar-refractivity contribution in [2.75, 3.05) is 26.3 Å². The summed E-state index contributed by atoms with van der Waals surface area (Å²) in [5, 5.41) is 10.9. The monoisotopic (exact) mass is 356 g/mol. The van der Waals surface area contributed by atoms with E-state index in [1.54, 1.807) is 6.08 Å². The number of amidine groups is 1. The molecule has 0 radical (unpaired) electrons. The number of carbonyl (C=O) groups excluding carboxylic acids is 1. The molecule has 1 fully saturated rings. The third-order valence-corrected chi connectivity index (χ3v) is 5.28. The number of piperidine rings is 1. The molecule has 2 heterocycles. The highest BCUT2D eigenvalue weighted by Gasteiger charge is 2.35. The van der Waals surface area contributed by atoms with Gasteiger partial charge in [0, 0.05) is 32.3 Å². The van der Waals surface area contributed by atoms with Crippen LogP contribution >= 0.6 is 0 Å². The SMILES string of the molecule is CC(CC(=O)N1CCC(O)(CN2C=CC(N)=NC2)CC1)c1ccccc1. The van der Waals surface area contributed by atoms with Gasteiger partial charge >= 0.3 is 0 Å². The summed E-state index contributed by atoms with van der Waals surface area (Å²) in [6, 6.07) is 10.1. The van der Waals surface area contributed by atoms with Crippen molar-refractivity contribution >= 4 is 11.7 Å². The predicted octanol–water partition coefficient (Wildman–Crippen LogP) is 1.68. The smallest absolute Gasteiger partial charge is 0.223 e. The topological polar surface area (TPSA) is 82.2 Å². The average molecular weight is 356 g/mol. The van der Waals surface area contributed by atoms with Crippen LogP contribution in [0.3, 0.4) is 0 Å². The first-order valence-electron chi connectivity index (χ1n) is 9.22. The molecule has 3 rings (SSSR count). The summed E-state index contributed by atoms with van der Waals surface area (Å²) in [7, 11) is 0. The van der Waals surface area contributed by atoms with Gasteiger partial charge in [-0.3, -0.25) is 4.79 Å². The summed E-state index contributed by atoms with van der Waals surface area (Å²) in [5.74, 6) is 0.881. The van der Waals surface area contributed by atoms with Crippen molar-refractivity contribution in [2.45, 2.75) is 37.7 Å². The van der Waals surface area contributed by atoms with Crippen molar-refractivity contribution in [3.05, 3.63) is 48.2 Å². The van der Waals surface area contributed by atoms with E-state index in [0.717, 1.165) is 0 Å². The number of hydrogen-bond acceptors (Lipinski definition) is 5. The van der Waals surface area contributed by atoms with Gasteiger partial charge in [-0.15, -0.1) is 0 Å². The van der Waals surface area contributed by atoms with Crippen molar-refractivity contribution in [2.24, 2.45) is 10.7 Å². The van der Waals surface area contributed by atoms with Crippen LogP contribution in [0.4, 0.5) is 0 Å². The molecule has 1 unspecified atom stereocenters. The van der Waals surface area contributed by atoms with Crippen LogP contribution in [-0.2, 0) is 4.79 Å². The summed E-state index contributed by atoms with van der Waals surface area (Å²) in [4.78, 5) is 20.6. The Labute approximate surface area is 155 Å². The number of aliphatic imine (C=N–C) groups is 1. The predicted molar refractivity (Wildman–Crippen MR) is 103 cm³/mol. The van der Waals surface area contributed by atoms with E-state index in [2.05, 4.69) is 24.0 Å². The average Bonchev–Trinajstić information content (AvgIpc) is 2.64. The quantitative estimate of drug-likeness (QED) is 0.841. The van der Waals surface area contributed by atoms with Gasteiger partial charge < -0.3 is 20.6 Å². The van der Waals surface area contributed by atoms with Crippen molar-refractivity contribution < 1.29 is 9.90 Å². The molecule has 140 valence electrons. The zero-order valence-corrected chi connectivity index (χ0v) is 15.3. The van der Waals surface area contributed by atoms with Gasteiger partial charge in [-0.1, -0.05) is 37.3 Å². The number of aliphatic hydroxyl groups is 1. The molecule has 0 spiro atoms. The third kappa shape index (κ3) is 4.64. The second-order valence-electron chi connectivity index (χ2n) is 7.41. The molecule has 1 saturated heterocycles. The molecule has 2 aliphatic rings. The first-order chi connectivity index (χ1) is 12.5. The van der Waals surface area contributed by atoms with E-state index >= 15 is 0 Å². The maximum atomic E-state index is 12.6. The minimum Gasteiger partial charge on any atom is -0.388 e. The number of β-amino-alcohol motifs (C(OH)–C–C–N with tert-alkyl or cyclic N) is 1. The van der Waals surface area contributed by atoms with E-state index in [1.807, 2.05) is 34.2 Å². The fourth-order valence-corrected chi connectivity index (χ4v) is 3.56. The minimum atomic E-state index is -0.784. The molecule has 3 N–H and O–H groups in total. The number of nitrogens with zero attached hydrogens (tertiary/aromatic N) is 3. The molecule has 1 aromatic rings. The maximum absolute atomic E-state index is 12.6. The molecule has 0 bridgehead atoms. The Hall–Kier alpha value is -2.34. The largest absolute Gasteiger partial charge is 0.388 e. The maximum Gasteiger partial charge on any atom is 0.223 e. The van der Waals surface area contributed by atoms with Crippen molar-refractivity contribution in [3.8, 4) is 0 Å². The van der Waals surface area contributed by atoms with Gasteiger partial charge in [0.2, 0.25) is 5.91 Å². The molecular formula is C20H28N4O2. The van der Waals surface area contributed by atoms with Crippen LogP contribution in [0.1, 0.15) is 37.7 Å². The van der Waals surface area contributed by atoms with Gasteiger partial charge in [0.15, 0.2) is 0 Å². The van der Waals surface area contributed by atoms with Gasteiger partial charge in [-0.05, 0) is 30.4 Å².